The first-order chi connectivity index (χ1) is 13.5. The molecule has 1 aromatic carbocycles. The number of aromatic nitrogens is 3. The molecule has 28 heavy (non-hydrogen) atoms. The van der Waals surface area contributed by atoms with Gasteiger partial charge in [0.05, 0.1) is 6.04 Å². The molecule has 3 aromatic rings. The van der Waals surface area contributed by atoms with Crippen molar-refractivity contribution in [3.63, 3.8) is 0 Å². The number of carbonyl (C=O) groups is 1. The molecule has 2 aromatic heterocycles. The van der Waals surface area contributed by atoms with Gasteiger partial charge in [-0.05, 0) is 43.9 Å². The summed E-state index contributed by atoms with van der Waals surface area (Å²) in [5.74, 6) is 0.442. The van der Waals surface area contributed by atoms with E-state index < -0.39 is 0 Å². The average molecular weight is 383 g/mol. The first-order valence-corrected chi connectivity index (χ1v) is 8.94. The Morgan fingerprint density at radius 3 is 2.75 bits per heavy atom. The lowest BCUT2D eigenvalue weighted by atomic mass is 10.1. The third-order valence-corrected chi connectivity index (χ3v) is 4.32. The fourth-order valence-corrected chi connectivity index (χ4v) is 2.81. The van der Waals surface area contributed by atoms with E-state index in [1.807, 2.05) is 25.1 Å². The average Bonchev–Trinajstić information content (AvgIpc) is 3.16. The van der Waals surface area contributed by atoms with Gasteiger partial charge in [0.15, 0.2) is 0 Å². The van der Waals surface area contributed by atoms with Crippen molar-refractivity contribution in [3.8, 4) is 11.4 Å². The van der Waals surface area contributed by atoms with Gasteiger partial charge in [0.2, 0.25) is 17.6 Å². The maximum absolute atomic E-state index is 13.5. The molecule has 0 saturated heterocycles. The highest BCUT2D eigenvalue weighted by atomic mass is 19.1. The molecule has 8 heteroatoms. The van der Waals surface area contributed by atoms with Crippen LogP contribution in [0, 0.1) is 5.82 Å². The molecule has 2 heterocycles. The molecule has 0 aliphatic carbocycles. The van der Waals surface area contributed by atoms with Gasteiger partial charge in [0, 0.05) is 37.3 Å². The van der Waals surface area contributed by atoms with E-state index >= 15 is 0 Å². The summed E-state index contributed by atoms with van der Waals surface area (Å²) in [5, 5.41) is 6.81. The van der Waals surface area contributed by atoms with Crippen LogP contribution in [0.4, 0.5) is 4.39 Å². The van der Waals surface area contributed by atoms with Crippen molar-refractivity contribution < 1.29 is 13.7 Å². The summed E-state index contributed by atoms with van der Waals surface area (Å²) in [6, 6.07) is 9.85. The number of rotatable bonds is 8. The molecule has 7 nitrogen and oxygen atoms in total. The van der Waals surface area contributed by atoms with Gasteiger partial charge in [-0.25, -0.2) is 4.39 Å². The van der Waals surface area contributed by atoms with Crippen molar-refractivity contribution in [1.82, 2.24) is 25.3 Å². The molecular weight excluding hydrogens is 361 g/mol. The minimum atomic E-state index is -0.294. The Balaban J connectivity index is 1.52. The van der Waals surface area contributed by atoms with E-state index in [1.54, 1.807) is 30.6 Å². The number of hydrogen-bond donors (Lipinski definition) is 1. The predicted octanol–water partition coefficient (Wildman–Crippen LogP) is 2.62. The van der Waals surface area contributed by atoms with Crippen LogP contribution in [0.15, 0.2) is 53.3 Å². The van der Waals surface area contributed by atoms with Crippen molar-refractivity contribution >= 4 is 5.91 Å². The standard InChI is InChI=1S/C20H22FN5O2/c1-26(2)17(15-4-3-5-16(21)12-15)13-23-18(27)6-7-19-24-20(25-28-19)14-8-10-22-11-9-14/h3-5,8-12,17H,6-7,13H2,1-2H3,(H,23,27). The zero-order chi connectivity index (χ0) is 19.9. The second-order valence-electron chi connectivity index (χ2n) is 6.59. The number of pyridine rings is 1. The highest BCUT2D eigenvalue weighted by Gasteiger charge is 2.16. The number of hydrogen-bond acceptors (Lipinski definition) is 6. The maximum atomic E-state index is 13.5. The molecule has 1 N–H and O–H groups in total. The van der Waals surface area contributed by atoms with E-state index in [1.165, 1.54) is 12.1 Å². The summed E-state index contributed by atoms with van der Waals surface area (Å²) in [6.07, 6.45) is 3.87. The number of aryl methyl sites for hydroxylation is 1. The van der Waals surface area contributed by atoms with Gasteiger partial charge >= 0.3 is 0 Å². The van der Waals surface area contributed by atoms with E-state index in [4.69, 9.17) is 4.52 Å². The quantitative estimate of drug-likeness (QED) is 0.644. The van der Waals surface area contributed by atoms with Crippen LogP contribution in [0.1, 0.15) is 23.9 Å². The van der Waals surface area contributed by atoms with Crippen LogP contribution < -0.4 is 5.32 Å². The number of benzene rings is 1. The van der Waals surface area contributed by atoms with E-state index in [2.05, 4.69) is 20.4 Å². The number of amides is 1. The van der Waals surface area contributed by atoms with Crippen LogP contribution in [0.3, 0.4) is 0 Å². The minimum absolute atomic E-state index is 0.124. The highest BCUT2D eigenvalue weighted by Crippen LogP contribution is 2.18. The van der Waals surface area contributed by atoms with Crippen LogP contribution in [-0.2, 0) is 11.2 Å². The lowest BCUT2D eigenvalue weighted by molar-refractivity contribution is -0.121. The molecule has 0 aliphatic rings. The van der Waals surface area contributed by atoms with Crippen LogP contribution in [0.25, 0.3) is 11.4 Å². The lowest BCUT2D eigenvalue weighted by Crippen LogP contribution is -2.34. The maximum Gasteiger partial charge on any atom is 0.227 e. The third-order valence-electron chi connectivity index (χ3n) is 4.32. The summed E-state index contributed by atoms with van der Waals surface area (Å²) < 4.78 is 18.7. The number of likely N-dealkylation sites (N-methyl/N-ethyl adjacent to an activating group) is 1. The summed E-state index contributed by atoms with van der Waals surface area (Å²) >= 11 is 0. The smallest absolute Gasteiger partial charge is 0.227 e. The van der Waals surface area contributed by atoms with Crippen LogP contribution in [-0.4, -0.2) is 46.6 Å². The highest BCUT2D eigenvalue weighted by molar-refractivity contribution is 5.76. The second-order valence-corrected chi connectivity index (χ2v) is 6.59. The van der Waals surface area contributed by atoms with Crippen molar-refractivity contribution in [2.75, 3.05) is 20.6 Å². The number of carbonyl (C=O) groups excluding carboxylic acids is 1. The van der Waals surface area contributed by atoms with Crippen LogP contribution in [0.5, 0.6) is 0 Å². The van der Waals surface area contributed by atoms with E-state index in [0.29, 0.717) is 24.7 Å². The minimum Gasteiger partial charge on any atom is -0.354 e. The van der Waals surface area contributed by atoms with Crippen molar-refractivity contribution in [1.29, 1.82) is 0 Å². The fraction of sp³-hybridized carbons (Fsp3) is 0.300. The Morgan fingerprint density at radius 1 is 1.25 bits per heavy atom. The second kappa shape index (κ2) is 9.18. The zero-order valence-corrected chi connectivity index (χ0v) is 15.8. The van der Waals surface area contributed by atoms with Crippen molar-refractivity contribution in [2.24, 2.45) is 0 Å². The van der Waals surface area contributed by atoms with Gasteiger partial charge in [-0.1, -0.05) is 17.3 Å². The summed E-state index contributed by atoms with van der Waals surface area (Å²) in [7, 11) is 3.78. The predicted molar refractivity (Wildman–Crippen MR) is 102 cm³/mol. The number of nitrogens with zero attached hydrogens (tertiary/aromatic N) is 4. The Morgan fingerprint density at radius 2 is 2.04 bits per heavy atom. The Hall–Kier alpha value is -3.13. The van der Waals surface area contributed by atoms with Crippen LogP contribution in [0.2, 0.25) is 0 Å². The molecule has 1 amide bonds. The van der Waals surface area contributed by atoms with Gasteiger partial charge in [0.1, 0.15) is 5.82 Å². The van der Waals surface area contributed by atoms with Crippen molar-refractivity contribution in [3.05, 3.63) is 66.1 Å². The molecule has 146 valence electrons. The fourth-order valence-electron chi connectivity index (χ4n) is 2.81. The first kappa shape index (κ1) is 19.6. The van der Waals surface area contributed by atoms with Crippen LogP contribution >= 0.6 is 0 Å². The van der Waals surface area contributed by atoms with Gasteiger partial charge < -0.3 is 14.7 Å². The zero-order valence-electron chi connectivity index (χ0n) is 15.8. The van der Waals surface area contributed by atoms with Gasteiger partial charge in [0.25, 0.3) is 0 Å². The Labute approximate surface area is 162 Å². The number of nitrogens with one attached hydrogen (secondary N) is 1. The summed E-state index contributed by atoms with van der Waals surface area (Å²) in [4.78, 5) is 22.4. The monoisotopic (exact) mass is 383 g/mol. The Bertz CT molecular complexity index is 914. The summed E-state index contributed by atoms with van der Waals surface area (Å²) in [5.41, 5.74) is 1.61. The topological polar surface area (TPSA) is 84.2 Å². The van der Waals surface area contributed by atoms with E-state index in [-0.39, 0.29) is 24.2 Å². The molecule has 1 unspecified atom stereocenters. The molecule has 0 radical (unpaired) electrons. The Kier molecular flexibility index (Phi) is 6.44. The SMILES string of the molecule is CN(C)C(CNC(=O)CCc1nc(-c2ccncc2)no1)c1cccc(F)c1. The molecule has 0 fully saturated rings. The van der Waals surface area contributed by atoms with Gasteiger partial charge in [-0.15, -0.1) is 0 Å². The molecule has 0 saturated carbocycles. The first-order valence-electron chi connectivity index (χ1n) is 8.94. The van der Waals surface area contributed by atoms with E-state index in [0.717, 1.165) is 11.1 Å². The summed E-state index contributed by atoms with van der Waals surface area (Å²) in [6.45, 7) is 0.376. The van der Waals surface area contributed by atoms with Gasteiger partial charge in [-0.3, -0.25) is 9.78 Å². The molecular formula is C20H22FN5O2. The molecule has 1 atom stereocenters. The number of halogens is 1. The molecule has 3 rings (SSSR count). The molecule has 0 bridgehead atoms. The molecule has 0 aliphatic heterocycles. The largest absolute Gasteiger partial charge is 0.354 e. The normalized spacial score (nSPS) is 12.1. The van der Waals surface area contributed by atoms with Gasteiger partial charge in [-0.2, -0.15) is 4.98 Å². The third kappa shape index (κ3) is 5.20. The van der Waals surface area contributed by atoms with Crippen molar-refractivity contribution in [2.45, 2.75) is 18.9 Å². The van der Waals surface area contributed by atoms with E-state index in [9.17, 15) is 9.18 Å². The molecule has 0 spiro atoms. The lowest BCUT2D eigenvalue weighted by Gasteiger charge is -2.25.